The third kappa shape index (κ3) is 5.59. The number of alkyl halides is 3. The number of halogens is 3. The SMILES string of the molecule is O=S(OC(F)(F)F)c1ccccc1.[K]. The second kappa shape index (κ2) is 6.36. The van der Waals surface area contributed by atoms with E-state index in [9.17, 15) is 17.4 Å². The normalized spacial score (nSPS) is 13.1. The molecule has 0 fully saturated rings. The van der Waals surface area contributed by atoms with Crippen molar-refractivity contribution in [3.05, 3.63) is 30.3 Å². The summed E-state index contributed by atoms with van der Waals surface area (Å²) in [7, 11) is 0. The Hall–Kier alpha value is 0.756. The molecule has 0 N–H and O–H groups in total. The van der Waals surface area contributed by atoms with Crippen LogP contribution in [0.3, 0.4) is 0 Å². The molecule has 1 rings (SSSR count). The summed E-state index contributed by atoms with van der Waals surface area (Å²) in [6, 6.07) is 7.15. The van der Waals surface area contributed by atoms with Crippen molar-refractivity contribution in [1.82, 2.24) is 0 Å². The van der Waals surface area contributed by atoms with Crippen LogP contribution in [-0.4, -0.2) is 62.0 Å². The fourth-order valence-corrected chi connectivity index (χ4v) is 1.31. The Morgan fingerprint density at radius 3 is 2.07 bits per heavy atom. The second-order valence-corrected chi connectivity index (χ2v) is 3.18. The zero-order valence-corrected chi connectivity index (χ0v) is 11.2. The molecule has 0 aliphatic heterocycles. The average Bonchev–Trinajstić information content (AvgIpc) is 2.03. The number of hydrogen-bond donors (Lipinski definition) is 0. The van der Waals surface area contributed by atoms with E-state index in [1.54, 1.807) is 6.07 Å². The van der Waals surface area contributed by atoms with Gasteiger partial charge in [0.1, 0.15) is 0 Å². The number of rotatable bonds is 2. The van der Waals surface area contributed by atoms with Gasteiger partial charge in [0.15, 0.2) is 11.1 Å². The van der Waals surface area contributed by atoms with Gasteiger partial charge in [-0.15, -0.1) is 13.2 Å². The van der Waals surface area contributed by atoms with E-state index in [1.807, 2.05) is 0 Å². The first-order valence-corrected chi connectivity index (χ1v) is 4.29. The first kappa shape index (κ1) is 14.8. The summed E-state index contributed by atoms with van der Waals surface area (Å²) < 4.78 is 48.9. The minimum absolute atomic E-state index is 0. The predicted molar refractivity (Wildman–Crippen MR) is 45.7 cm³/mol. The van der Waals surface area contributed by atoms with E-state index < -0.39 is 17.4 Å². The first-order chi connectivity index (χ1) is 5.99. The molecule has 0 spiro atoms. The molecule has 0 heterocycles. The van der Waals surface area contributed by atoms with Gasteiger partial charge in [0.05, 0.1) is 4.90 Å². The summed E-state index contributed by atoms with van der Waals surface area (Å²) in [5, 5.41) is 0. The van der Waals surface area contributed by atoms with E-state index >= 15 is 0 Å². The van der Waals surface area contributed by atoms with Crippen LogP contribution in [0.15, 0.2) is 35.2 Å². The maximum absolute atomic E-state index is 11.6. The summed E-state index contributed by atoms with van der Waals surface area (Å²) in [4.78, 5) is -0.0141. The van der Waals surface area contributed by atoms with Crippen molar-refractivity contribution in [2.75, 3.05) is 0 Å². The van der Waals surface area contributed by atoms with Crippen LogP contribution in [0.1, 0.15) is 0 Å². The third-order valence-electron chi connectivity index (χ3n) is 1.11. The van der Waals surface area contributed by atoms with Gasteiger partial charge in [-0.3, -0.25) is 0 Å². The van der Waals surface area contributed by atoms with Crippen LogP contribution in [0, 0.1) is 0 Å². The Morgan fingerprint density at radius 2 is 1.64 bits per heavy atom. The summed E-state index contributed by atoms with van der Waals surface area (Å²) in [6.45, 7) is 0. The van der Waals surface area contributed by atoms with Gasteiger partial charge in [0.25, 0.3) is 0 Å². The van der Waals surface area contributed by atoms with Gasteiger partial charge in [-0.2, -0.15) is 4.18 Å². The maximum atomic E-state index is 11.6. The molecule has 1 unspecified atom stereocenters. The molecule has 1 aromatic carbocycles. The zero-order chi connectivity index (χ0) is 9.90. The molecular weight excluding hydrogens is 244 g/mol. The van der Waals surface area contributed by atoms with Crippen molar-refractivity contribution in [2.45, 2.75) is 11.3 Å². The Bertz CT molecular complexity index is 302. The van der Waals surface area contributed by atoms with E-state index in [2.05, 4.69) is 4.18 Å². The molecule has 73 valence electrons. The molecule has 0 bridgehead atoms. The minimum atomic E-state index is -4.87. The Labute approximate surface area is 124 Å². The number of benzene rings is 1. The van der Waals surface area contributed by atoms with Crippen LogP contribution in [0.5, 0.6) is 0 Å². The predicted octanol–water partition coefficient (Wildman–Crippen LogP) is 1.86. The molecule has 2 nitrogen and oxygen atoms in total. The summed E-state index contributed by atoms with van der Waals surface area (Å²) in [6.07, 6.45) is -4.87. The standard InChI is InChI=1S/C7H5F3O2S.K/c8-7(9,10)12-13(11)6-4-2-1-3-5-6;/h1-5H;. The average molecular weight is 249 g/mol. The van der Waals surface area contributed by atoms with Crippen LogP contribution in [-0.2, 0) is 15.3 Å². The van der Waals surface area contributed by atoms with Gasteiger partial charge < -0.3 is 0 Å². The quantitative estimate of drug-likeness (QED) is 0.748. The largest absolute Gasteiger partial charge is 0.535 e. The van der Waals surface area contributed by atoms with E-state index in [0.29, 0.717) is 0 Å². The van der Waals surface area contributed by atoms with Crippen molar-refractivity contribution in [1.29, 1.82) is 0 Å². The summed E-state index contributed by atoms with van der Waals surface area (Å²) in [5.74, 6) is 0. The Balaban J connectivity index is 0.00000169. The van der Waals surface area contributed by atoms with Crippen molar-refractivity contribution in [2.24, 2.45) is 0 Å². The molecule has 0 saturated heterocycles. The van der Waals surface area contributed by atoms with Crippen LogP contribution in [0.25, 0.3) is 0 Å². The molecule has 0 amide bonds. The van der Waals surface area contributed by atoms with Gasteiger partial charge in [-0.1, -0.05) is 18.2 Å². The Kier molecular flexibility index (Phi) is 6.71. The van der Waals surface area contributed by atoms with Crippen molar-refractivity contribution < 1.29 is 21.6 Å². The van der Waals surface area contributed by atoms with Gasteiger partial charge in [-0.25, -0.2) is 4.21 Å². The first-order valence-electron chi connectivity index (χ1n) is 3.22. The monoisotopic (exact) mass is 249 g/mol. The van der Waals surface area contributed by atoms with E-state index in [0.717, 1.165) is 0 Å². The van der Waals surface area contributed by atoms with Crippen molar-refractivity contribution in [3.63, 3.8) is 0 Å². The molecule has 7 heteroatoms. The number of hydrogen-bond acceptors (Lipinski definition) is 2. The van der Waals surface area contributed by atoms with E-state index in [-0.39, 0.29) is 56.3 Å². The molecule has 0 aliphatic carbocycles. The molecule has 1 atom stereocenters. The second-order valence-electron chi connectivity index (χ2n) is 2.08. The molecule has 1 aromatic rings. The summed E-state index contributed by atoms with van der Waals surface area (Å²) in [5.41, 5.74) is 0. The van der Waals surface area contributed by atoms with Crippen molar-refractivity contribution >= 4 is 62.5 Å². The van der Waals surface area contributed by atoms with E-state index in [4.69, 9.17) is 0 Å². The molecule has 0 aliphatic rings. The fraction of sp³-hybridized carbons (Fsp3) is 0.143. The topological polar surface area (TPSA) is 26.3 Å². The van der Waals surface area contributed by atoms with Gasteiger partial charge in [0.2, 0.25) is 0 Å². The molecule has 14 heavy (non-hydrogen) atoms. The fourth-order valence-electron chi connectivity index (χ4n) is 0.666. The molecular formula is C7H5F3KO2S. The van der Waals surface area contributed by atoms with Crippen LogP contribution >= 0.6 is 0 Å². The molecule has 0 saturated carbocycles. The van der Waals surface area contributed by atoms with Gasteiger partial charge in [-0.05, 0) is 12.1 Å². The summed E-state index contributed by atoms with van der Waals surface area (Å²) >= 11 is -2.48. The van der Waals surface area contributed by atoms with Gasteiger partial charge in [0, 0.05) is 51.4 Å². The van der Waals surface area contributed by atoms with E-state index in [1.165, 1.54) is 24.3 Å². The maximum Gasteiger partial charge on any atom is 0.535 e. The zero-order valence-electron chi connectivity index (χ0n) is 7.25. The van der Waals surface area contributed by atoms with Crippen molar-refractivity contribution in [3.8, 4) is 0 Å². The molecule has 1 radical (unpaired) electrons. The Morgan fingerprint density at radius 1 is 1.14 bits per heavy atom. The minimum Gasteiger partial charge on any atom is -0.224 e. The third-order valence-corrected chi connectivity index (χ3v) is 2.10. The smallest absolute Gasteiger partial charge is 0.224 e. The van der Waals surface area contributed by atoms with Crippen LogP contribution in [0.2, 0.25) is 0 Å². The van der Waals surface area contributed by atoms with Crippen LogP contribution < -0.4 is 0 Å². The van der Waals surface area contributed by atoms with Crippen LogP contribution in [0.4, 0.5) is 13.2 Å². The molecule has 0 aromatic heterocycles. The van der Waals surface area contributed by atoms with Gasteiger partial charge >= 0.3 is 6.36 Å².